The minimum Gasteiger partial charge on any atom is -0.322 e. The maximum absolute atomic E-state index is 4.50. The number of rotatable bonds is 1. The smallest absolute Gasteiger partial charge is 0.133 e. The minimum atomic E-state index is 0.910. The third-order valence-electron chi connectivity index (χ3n) is 3.21. The van der Waals surface area contributed by atoms with Crippen LogP contribution in [0.4, 0.5) is 11.5 Å². The molecule has 2 aromatic rings. The first-order valence-electron chi connectivity index (χ1n) is 6.20. The molecule has 0 amide bonds. The zero-order valence-electron chi connectivity index (χ0n) is 10.7. The van der Waals surface area contributed by atoms with Crippen molar-refractivity contribution in [3.63, 3.8) is 0 Å². The molecule has 1 aliphatic heterocycles. The second kappa shape index (κ2) is 4.30. The molecule has 1 aliphatic rings. The Balaban J connectivity index is 2.11. The number of pyridine rings is 1. The summed E-state index contributed by atoms with van der Waals surface area (Å²) in [5.41, 5.74) is 5.10. The lowest BCUT2D eigenvalue weighted by atomic mass is 10.0. The Hall–Kier alpha value is -2.09. The topological polar surface area (TPSA) is 16.1 Å². The number of hydrogen-bond donors (Lipinski definition) is 0. The molecular weight excluding hydrogens is 220 g/mol. The van der Waals surface area contributed by atoms with E-state index in [1.54, 1.807) is 0 Å². The van der Waals surface area contributed by atoms with E-state index in [0.717, 1.165) is 12.4 Å². The lowest BCUT2D eigenvalue weighted by Gasteiger charge is -2.29. The highest BCUT2D eigenvalue weighted by Crippen LogP contribution is 2.33. The number of hydrogen-bond acceptors (Lipinski definition) is 2. The average Bonchev–Trinajstić information content (AvgIpc) is 2.37. The van der Waals surface area contributed by atoms with Gasteiger partial charge in [0.15, 0.2) is 0 Å². The highest BCUT2D eigenvalue weighted by atomic mass is 15.2. The second-order valence-electron chi connectivity index (χ2n) is 4.83. The number of para-hydroxylation sites is 1. The molecule has 90 valence electrons. The van der Waals surface area contributed by atoms with E-state index < -0.39 is 0 Å². The van der Waals surface area contributed by atoms with Gasteiger partial charge in [0.1, 0.15) is 5.82 Å². The predicted octanol–water partition coefficient (Wildman–Crippen LogP) is 3.95. The van der Waals surface area contributed by atoms with Crippen LogP contribution < -0.4 is 4.90 Å². The van der Waals surface area contributed by atoms with Crippen molar-refractivity contribution >= 4 is 17.6 Å². The molecule has 0 spiro atoms. The van der Waals surface area contributed by atoms with Crippen LogP contribution in [0, 0.1) is 6.92 Å². The van der Waals surface area contributed by atoms with Gasteiger partial charge in [0.25, 0.3) is 0 Å². The van der Waals surface area contributed by atoms with Crippen LogP contribution in [0.5, 0.6) is 0 Å². The molecule has 2 heteroatoms. The summed E-state index contributed by atoms with van der Waals surface area (Å²) in [6.07, 6.45) is 4.13. The van der Waals surface area contributed by atoms with Crippen LogP contribution in [0.15, 0.2) is 48.2 Å². The Morgan fingerprint density at radius 2 is 1.94 bits per heavy atom. The van der Waals surface area contributed by atoms with Crippen LogP contribution in [0.25, 0.3) is 6.08 Å². The minimum absolute atomic E-state index is 0.910. The van der Waals surface area contributed by atoms with Crippen LogP contribution in [0.1, 0.15) is 18.1 Å². The van der Waals surface area contributed by atoms with Crippen LogP contribution in [0.2, 0.25) is 0 Å². The summed E-state index contributed by atoms with van der Waals surface area (Å²) in [4.78, 5) is 6.77. The Bertz CT molecular complexity index is 614. The average molecular weight is 236 g/mol. The summed E-state index contributed by atoms with van der Waals surface area (Å²) in [7, 11) is 0. The Kier molecular flexibility index (Phi) is 2.63. The van der Waals surface area contributed by atoms with Gasteiger partial charge in [-0.05, 0) is 43.2 Å². The van der Waals surface area contributed by atoms with Crippen molar-refractivity contribution in [3.05, 3.63) is 59.3 Å². The zero-order valence-corrected chi connectivity index (χ0v) is 10.7. The summed E-state index contributed by atoms with van der Waals surface area (Å²) in [6, 6.07) is 12.6. The lowest BCUT2D eigenvalue weighted by molar-refractivity contribution is 0.989. The fraction of sp³-hybridized carbons (Fsp3) is 0.188. The molecule has 0 saturated carbocycles. The highest BCUT2D eigenvalue weighted by Gasteiger charge is 2.17. The molecule has 1 aromatic heterocycles. The van der Waals surface area contributed by atoms with Crippen LogP contribution in [-0.2, 0) is 0 Å². The van der Waals surface area contributed by atoms with Crippen molar-refractivity contribution in [2.24, 2.45) is 0 Å². The van der Waals surface area contributed by atoms with Gasteiger partial charge in [-0.2, -0.15) is 0 Å². The third kappa shape index (κ3) is 1.90. The monoisotopic (exact) mass is 236 g/mol. The normalized spacial score (nSPS) is 14.1. The van der Waals surface area contributed by atoms with Gasteiger partial charge >= 0.3 is 0 Å². The van der Waals surface area contributed by atoms with Crippen molar-refractivity contribution in [2.75, 3.05) is 11.4 Å². The fourth-order valence-corrected chi connectivity index (χ4v) is 2.37. The van der Waals surface area contributed by atoms with E-state index >= 15 is 0 Å². The summed E-state index contributed by atoms with van der Waals surface area (Å²) in [5, 5.41) is 0. The van der Waals surface area contributed by atoms with Gasteiger partial charge < -0.3 is 4.90 Å². The van der Waals surface area contributed by atoms with Crippen molar-refractivity contribution in [1.29, 1.82) is 0 Å². The van der Waals surface area contributed by atoms with Crippen LogP contribution >= 0.6 is 0 Å². The number of anilines is 2. The quantitative estimate of drug-likeness (QED) is 0.745. The molecule has 0 bridgehead atoms. The molecule has 0 fully saturated rings. The molecule has 0 aliphatic carbocycles. The van der Waals surface area contributed by atoms with Gasteiger partial charge in [-0.3, -0.25) is 0 Å². The molecule has 18 heavy (non-hydrogen) atoms. The molecule has 0 unspecified atom stereocenters. The van der Waals surface area contributed by atoms with Crippen molar-refractivity contribution < 1.29 is 0 Å². The van der Waals surface area contributed by atoms with Gasteiger partial charge in [-0.1, -0.05) is 29.8 Å². The summed E-state index contributed by atoms with van der Waals surface area (Å²) < 4.78 is 0. The van der Waals surface area contributed by atoms with Crippen LogP contribution in [0.3, 0.4) is 0 Å². The summed E-state index contributed by atoms with van der Waals surface area (Å²) in [6.45, 7) is 5.18. The van der Waals surface area contributed by atoms with E-state index in [2.05, 4.69) is 60.1 Å². The van der Waals surface area contributed by atoms with E-state index in [4.69, 9.17) is 0 Å². The lowest BCUT2D eigenvalue weighted by Crippen LogP contribution is -2.23. The number of aryl methyl sites for hydroxylation is 1. The Morgan fingerprint density at radius 1 is 1.11 bits per heavy atom. The van der Waals surface area contributed by atoms with E-state index in [9.17, 15) is 0 Å². The first-order chi connectivity index (χ1) is 8.74. The molecule has 0 N–H and O–H groups in total. The second-order valence-corrected chi connectivity index (χ2v) is 4.83. The first-order valence-corrected chi connectivity index (χ1v) is 6.20. The number of benzene rings is 1. The van der Waals surface area contributed by atoms with E-state index in [1.165, 1.54) is 22.4 Å². The first kappa shape index (κ1) is 11.0. The zero-order chi connectivity index (χ0) is 12.5. The van der Waals surface area contributed by atoms with Gasteiger partial charge in [-0.15, -0.1) is 0 Å². The molecule has 3 rings (SSSR count). The predicted molar refractivity (Wildman–Crippen MR) is 76.1 cm³/mol. The van der Waals surface area contributed by atoms with Crippen LogP contribution in [-0.4, -0.2) is 11.5 Å². The van der Waals surface area contributed by atoms with Gasteiger partial charge in [0, 0.05) is 18.4 Å². The molecule has 0 atom stereocenters. The molecule has 0 radical (unpaired) electrons. The van der Waals surface area contributed by atoms with Crippen molar-refractivity contribution in [3.8, 4) is 0 Å². The maximum Gasteiger partial charge on any atom is 0.133 e. The van der Waals surface area contributed by atoms with Gasteiger partial charge in [0.05, 0.1) is 0 Å². The molecule has 2 heterocycles. The molecule has 1 aromatic carbocycles. The molecule has 2 nitrogen and oxygen atoms in total. The van der Waals surface area contributed by atoms with E-state index in [1.807, 2.05) is 12.3 Å². The number of fused-ring (bicyclic) bond motifs is 1. The SMILES string of the molecule is CC1=Cc2ccccc2N(c2cc(C)ccn2)C1. The number of aromatic nitrogens is 1. The standard InChI is InChI=1S/C16H16N2/c1-12-7-8-17-16(10-12)18-11-13(2)9-14-5-3-4-6-15(14)18/h3-10H,11H2,1-2H3. The van der Waals surface area contributed by atoms with Gasteiger partial charge in [-0.25, -0.2) is 4.98 Å². The van der Waals surface area contributed by atoms with Crippen molar-refractivity contribution in [1.82, 2.24) is 4.98 Å². The van der Waals surface area contributed by atoms with Gasteiger partial charge in [0.2, 0.25) is 0 Å². The summed E-state index contributed by atoms with van der Waals surface area (Å²) in [5.74, 6) is 1.02. The fourth-order valence-electron chi connectivity index (χ4n) is 2.37. The molecule has 0 saturated heterocycles. The Morgan fingerprint density at radius 3 is 2.78 bits per heavy atom. The Labute approximate surface area is 108 Å². The van der Waals surface area contributed by atoms with E-state index in [-0.39, 0.29) is 0 Å². The third-order valence-corrected chi connectivity index (χ3v) is 3.21. The summed E-state index contributed by atoms with van der Waals surface area (Å²) >= 11 is 0. The largest absolute Gasteiger partial charge is 0.322 e. The highest BCUT2D eigenvalue weighted by molar-refractivity contribution is 5.77. The van der Waals surface area contributed by atoms with E-state index in [0.29, 0.717) is 0 Å². The maximum atomic E-state index is 4.50. The number of nitrogens with zero attached hydrogens (tertiary/aromatic N) is 2. The van der Waals surface area contributed by atoms with Crippen molar-refractivity contribution in [2.45, 2.75) is 13.8 Å². The molecular formula is C16H16N2.